The van der Waals surface area contributed by atoms with Crippen LogP contribution in [0.4, 0.5) is 5.69 Å². The maximum absolute atomic E-state index is 12.3. The Kier molecular flexibility index (Phi) is 6.22. The fourth-order valence-electron chi connectivity index (χ4n) is 3.25. The number of anilines is 1. The molecule has 0 heterocycles. The van der Waals surface area contributed by atoms with E-state index in [-0.39, 0.29) is 23.3 Å². The van der Waals surface area contributed by atoms with Gasteiger partial charge in [-0.25, -0.2) is 8.42 Å². The highest BCUT2D eigenvalue weighted by Crippen LogP contribution is 2.26. The molecule has 0 bridgehead atoms. The predicted molar refractivity (Wildman–Crippen MR) is 94.5 cm³/mol. The van der Waals surface area contributed by atoms with Gasteiger partial charge in [-0.2, -0.15) is 0 Å². The van der Waals surface area contributed by atoms with Gasteiger partial charge in [0.1, 0.15) is 0 Å². The number of benzene rings is 1. The first-order valence-electron chi connectivity index (χ1n) is 8.60. The Morgan fingerprint density at radius 2 is 1.70 bits per heavy atom. The van der Waals surface area contributed by atoms with Gasteiger partial charge < -0.3 is 5.32 Å². The maximum atomic E-state index is 12.3. The zero-order valence-electron chi connectivity index (χ0n) is 14.1. The monoisotopic (exact) mass is 337 g/mol. The van der Waals surface area contributed by atoms with Gasteiger partial charge in [0.2, 0.25) is 5.91 Å². The summed E-state index contributed by atoms with van der Waals surface area (Å²) in [7, 11) is -3.14. The van der Waals surface area contributed by atoms with Gasteiger partial charge in [0.25, 0.3) is 0 Å². The van der Waals surface area contributed by atoms with Gasteiger partial charge in [-0.15, -0.1) is 0 Å². The second kappa shape index (κ2) is 7.95. The second-order valence-electron chi connectivity index (χ2n) is 6.23. The fraction of sp³-hybridized carbons (Fsp3) is 0.611. The molecular formula is C18H27NO3S. The lowest BCUT2D eigenvalue weighted by Gasteiger charge is -2.15. The van der Waals surface area contributed by atoms with Crippen LogP contribution in [0, 0.1) is 0 Å². The molecule has 0 unspecified atom stereocenters. The summed E-state index contributed by atoms with van der Waals surface area (Å²) in [6.45, 7) is 4.10. The van der Waals surface area contributed by atoms with E-state index in [2.05, 4.69) is 19.2 Å². The third kappa shape index (κ3) is 4.56. The number of amides is 1. The summed E-state index contributed by atoms with van der Waals surface area (Å²) in [5.74, 6) is -0.249. The number of aryl methyl sites for hydroxylation is 2. The molecule has 1 N–H and O–H groups in total. The zero-order chi connectivity index (χ0) is 16.9. The first-order chi connectivity index (χ1) is 11.0. The summed E-state index contributed by atoms with van der Waals surface area (Å²) in [4.78, 5) is 12.2. The summed E-state index contributed by atoms with van der Waals surface area (Å²) in [6.07, 6.45) is 5.19. The highest BCUT2D eigenvalue weighted by Gasteiger charge is 2.28. The van der Waals surface area contributed by atoms with E-state index >= 15 is 0 Å². The van der Waals surface area contributed by atoms with E-state index in [1.165, 1.54) is 0 Å². The minimum absolute atomic E-state index is 0.0417. The van der Waals surface area contributed by atoms with Crippen molar-refractivity contribution in [3.8, 4) is 0 Å². The van der Waals surface area contributed by atoms with Gasteiger partial charge in [-0.3, -0.25) is 4.79 Å². The van der Waals surface area contributed by atoms with Crippen LogP contribution in [0.3, 0.4) is 0 Å². The Bertz CT molecular complexity index is 624. The molecule has 1 amide bonds. The average molecular weight is 337 g/mol. The van der Waals surface area contributed by atoms with Gasteiger partial charge in [-0.05, 0) is 36.8 Å². The second-order valence-corrected chi connectivity index (χ2v) is 8.63. The largest absolute Gasteiger partial charge is 0.326 e. The van der Waals surface area contributed by atoms with Crippen LogP contribution in [0.2, 0.25) is 0 Å². The summed E-state index contributed by atoms with van der Waals surface area (Å²) in [6, 6.07) is 6.01. The van der Waals surface area contributed by atoms with E-state index in [4.69, 9.17) is 0 Å². The number of para-hydroxylation sites is 1. The molecule has 2 rings (SSSR count). The lowest BCUT2D eigenvalue weighted by atomic mass is 10.0. The summed E-state index contributed by atoms with van der Waals surface area (Å²) < 4.78 is 24.5. The van der Waals surface area contributed by atoms with Crippen molar-refractivity contribution in [3.63, 3.8) is 0 Å². The standard InChI is InChI=1S/C18H27NO3S/c1-3-14-8-7-9-15(4-2)18(14)19-17(20)12-13-23(21,22)16-10-5-6-11-16/h7-9,16H,3-6,10-13H2,1-2H3,(H,19,20). The van der Waals surface area contributed by atoms with Crippen LogP contribution in [0.5, 0.6) is 0 Å². The number of hydrogen-bond acceptors (Lipinski definition) is 3. The molecular weight excluding hydrogens is 310 g/mol. The highest BCUT2D eigenvalue weighted by atomic mass is 32.2. The molecule has 0 atom stereocenters. The normalized spacial score (nSPS) is 15.7. The van der Waals surface area contributed by atoms with Crippen molar-refractivity contribution in [2.24, 2.45) is 0 Å². The summed E-state index contributed by atoms with van der Waals surface area (Å²) in [5.41, 5.74) is 3.05. The number of carbonyl (C=O) groups excluding carboxylic acids is 1. The van der Waals surface area contributed by atoms with Crippen LogP contribution < -0.4 is 5.32 Å². The van der Waals surface area contributed by atoms with E-state index in [0.29, 0.717) is 0 Å². The minimum atomic E-state index is -3.14. The Labute approximate surface area is 139 Å². The van der Waals surface area contributed by atoms with E-state index in [9.17, 15) is 13.2 Å². The van der Waals surface area contributed by atoms with Crippen LogP contribution in [0.15, 0.2) is 18.2 Å². The van der Waals surface area contributed by atoms with Gasteiger partial charge in [-0.1, -0.05) is 44.9 Å². The van der Waals surface area contributed by atoms with Gasteiger partial charge in [0, 0.05) is 12.1 Å². The predicted octanol–water partition coefficient (Wildman–Crippen LogP) is 3.50. The smallest absolute Gasteiger partial charge is 0.225 e. The van der Waals surface area contributed by atoms with Crippen LogP contribution in [0.1, 0.15) is 57.1 Å². The third-order valence-corrected chi connectivity index (χ3v) is 6.95. The average Bonchev–Trinajstić information content (AvgIpc) is 3.08. The number of sulfone groups is 1. The lowest BCUT2D eigenvalue weighted by Crippen LogP contribution is -2.25. The highest BCUT2D eigenvalue weighted by molar-refractivity contribution is 7.92. The van der Waals surface area contributed by atoms with E-state index in [1.807, 2.05) is 18.2 Å². The summed E-state index contributed by atoms with van der Waals surface area (Å²) >= 11 is 0. The first kappa shape index (κ1) is 18.0. The first-order valence-corrected chi connectivity index (χ1v) is 10.3. The van der Waals surface area contributed by atoms with E-state index in [0.717, 1.165) is 55.3 Å². The minimum Gasteiger partial charge on any atom is -0.326 e. The van der Waals surface area contributed by atoms with Crippen molar-refractivity contribution < 1.29 is 13.2 Å². The van der Waals surface area contributed by atoms with Crippen molar-refractivity contribution in [3.05, 3.63) is 29.3 Å². The third-order valence-electron chi connectivity index (χ3n) is 4.69. The van der Waals surface area contributed by atoms with Gasteiger partial charge >= 0.3 is 0 Å². The topological polar surface area (TPSA) is 63.2 Å². The lowest BCUT2D eigenvalue weighted by molar-refractivity contribution is -0.115. The summed E-state index contributed by atoms with van der Waals surface area (Å²) in [5, 5.41) is 2.71. The molecule has 128 valence electrons. The SMILES string of the molecule is CCc1cccc(CC)c1NC(=O)CCS(=O)(=O)C1CCCC1. The van der Waals surface area contributed by atoms with Crippen molar-refractivity contribution in [1.82, 2.24) is 0 Å². The van der Waals surface area contributed by atoms with Crippen molar-refractivity contribution >= 4 is 21.4 Å². The molecule has 0 radical (unpaired) electrons. The van der Waals surface area contributed by atoms with Crippen molar-refractivity contribution in [2.45, 2.75) is 64.0 Å². The Morgan fingerprint density at radius 3 is 2.22 bits per heavy atom. The molecule has 0 aliphatic heterocycles. The zero-order valence-corrected chi connectivity index (χ0v) is 14.9. The van der Waals surface area contributed by atoms with E-state index in [1.54, 1.807) is 0 Å². The Morgan fingerprint density at radius 1 is 1.13 bits per heavy atom. The Balaban J connectivity index is 2.00. The molecule has 0 aromatic heterocycles. The molecule has 1 aromatic carbocycles. The molecule has 1 aliphatic rings. The quantitative estimate of drug-likeness (QED) is 0.828. The molecule has 5 heteroatoms. The fourth-order valence-corrected chi connectivity index (χ4v) is 5.11. The molecule has 1 aromatic rings. The molecule has 0 saturated heterocycles. The van der Waals surface area contributed by atoms with Crippen LogP contribution in [-0.4, -0.2) is 25.3 Å². The molecule has 4 nitrogen and oxygen atoms in total. The van der Waals surface area contributed by atoms with Crippen LogP contribution >= 0.6 is 0 Å². The van der Waals surface area contributed by atoms with Crippen LogP contribution in [-0.2, 0) is 27.5 Å². The Hall–Kier alpha value is -1.36. The van der Waals surface area contributed by atoms with Gasteiger partial charge in [0.15, 0.2) is 9.84 Å². The maximum Gasteiger partial charge on any atom is 0.225 e. The van der Waals surface area contributed by atoms with Crippen molar-refractivity contribution in [2.75, 3.05) is 11.1 Å². The number of rotatable bonds is 7. The number of nitrogens with one attached hydrogen (secondary N) is 1. The number of hydrogen-bond donors (Lipinski definition) is 1. The van der Waals surface area contributed by atoms with Crippen molar-refractivity contribution in [1.29, 1.82) is 0 Å². The molecule has 1 saturated carbocycles. The van der Waals surface area contributed by atoms with E-state index < -0.39 is 9.84 Å². The molecule has 1 aliphatic carbocycles. The molecule has 1 fully saturated rings. The van der Waals surface area contributed by atoms with Crippen LogP contribution in [0.25, 0.3) is 0 Å². The molecule has 23 heavy (non-hydrogen) atoms. The van der Waals surface area contributed by atoms with Gasteiger partial charge in [0.05, 0.1) is 11.0 Å². The molecule has 0 spiro atoms. The number of carbonyl (C=O) groups is 1.